The van der Waals surface area contributed by atoms with Crippen LogP contribution >= 0.6 is 0 Å². The maximum atomic E-state index is 12.6. The van der Waals surface area contributed by atoms with Gasteiger partial charge in [-0.2, -0.15) is 0 Å². The van der Waals surface area contributed by atoms with Crippen molar-refractivity contribution >= 4 is 22.6 Å². The molecule has 5 rings (SSSR count). The Morgan fingerprint density at radius 1 is 1.14 bits per heavy atom. The van der Waals surface area contributed by atoms with Gasteiger partial charge >= 0.3 is 0 Å². The fraction of sp³-hybridized carbons (Fsp3) is 0.200. The van der Waals surface area contributed by atoms with Gasteiger partial charge in [0.2, 0.25) is 5.91 Å². The van der Waals surface area contributed by atoms with Crippen molar-refractivity contribution in [2.45, 2.75) is 25.4 Å². The summed E-state index contributed by atoms with van der Waals surface area (Å²) in [5.74, 6) is 0.377. The first-order chi connectivity index (χ1) is 14.2. The zero-order valence-corrected chi connectivity index (χ0v) is 15.4. The van der Waals surface area contributed by atoms with Crippen LogP contribution in [0.1, 0.15) is 18.9 Å². The molecule has 1 aliphatic carbocycles. The van der Waals surface area contributed by atoms with Crippen LogP contribution in [0.3, 0.4) is 0 Å². The predicted molar refractivity (Wildman–Crippen MR) is 106 cm³/mol. The van der Waals surface area contributed by atoms with Gasteiger partial charge < -0.3 is 5.32 Å². The smallest absolute Gasteiger partial charge is 0.269 e. The molecule has 1 amide bonds. The van der Waals surface area contributed by atoms with E-state index in [2.05, 4.69) is 25.8 Å². The molecule has 0 bridgehead atoms. The summed E-state index contributed by atoms with van der Waals surface area (Å²) in [7, 11) is 0. The zero-order chi connectivity index (χ0) is 19.8. The number of fused-ring (bicyclic) bond motifs is 1. The van der Waals surface area contributed by atoms with Gasteiger partial charge in [0.1, 0.15) is 6.54 Å². The number of carbonyl (C=O) groups is 1. The molecule has 1 N–H and O–H groups in total. The number of anilines is 1. The fourth-order valence-corrected chi connectivity index (χ4v) is 3.31. The van der Waals surface area contributed by atoms with Crippen LogP contribution in [0.25, 0.3) is 22.4 Å². The lowest BCUT2D eigenvalue weighted by Crippen LogP contribution is -2.28. The molecule has 2 heterocycles. The van der Waals surface area contributed by atoms with E-state index in [0.717, 1.165) is 18.4 Å². The van der Waals surface area contributed by atoms with Gasteiger partial charge in [0.15, 0.2) is 5.82 Å². The van der Waals surface area contributed by atoms with Crippen molar-refractivity contribution in [1.29, 1.82) is 0 Å². The largest absolute Gasteiger partial charge is 0.325 e. The third-order valence-electron chi connectivity index (χ3n) is 4.84. The molecule has 1 aliphatic rings. The van der Waals surface area contributed by atoms with Crippen LogP contribution in [0.15, 0.2) is 59.5 Å². The van der Waals surface area contributed by atoms with Crippen molar-refractivity contribution < 1.29 is 4.79 Å². The number of rotatable bonds is 5. The van der Waals surface area contributed by atoms with Crippen LogP contribution in [-0.4, -0.2) is 35.7 Å². The van der Waals surface area contributed by atoms with Gasteiger partial charge in [-0.05, 0) is 47.5 Å². The van der Waals surface area contributed by atoms with Crippen LogP contribution in [0.5, 0.6) is 0 Å². The second kappa shape index (κ2) is 6.93. The number of hydrogen-bond acceptors (Lipinski definition) is 6. The van der Waals surface area contributed by atoms with Gasteiger partial charge in [0, 0.05) is 11.3 Å². The summed E-state index contributed by atoms with van der Waals surface area (Å²) in [6, 6.07) is 14.9. The van der Waals surface area contributed by atoms with E-state index >= 15 is 0 Å². The number of aromatic nitrogens is 6. The van der Waals surface area contributed by atoms with E-state index in [-0.39, 0.29) is 18.0 Å². The van der Waals surface area contributed by atoms with Crippen molar-refractivity contribution in [3.63, 3.8) is 0 Å². The zero-order valence-electron chi connectivity index (χ0n) is 15.4. The molecule has 0 saturated heterocycles. The van der Waals surface area contributed by atoms with Crippen LogP contribution in [0, 0.1) is 0 Å². The molecule has 1 saturated carbocycles. The summed E-state index contributed by atoms with van der Waals surface area (Å²) in [6.45, 7) is -0.105. The van der Waals surface area contributed by atoms with E-state index in [4.69, 9.17) is 0 Å². The molecule has 0 unspecified atom stereocenters. The van der Waals surface area contributed by atoms with E-state index in [0.29, 0.717) is 28.6 Å². The highest BCUT2D eigenvalue weighted by atomic mass is 16.2. The topological polar surface area (TPSA) is 108 Å². The quantitative estimate of drug-likeness (QED) is 0.561. The minimum atomic E-state index is -0.323. The van der Waals surface area contributed by atoms with Gasteiger partial charge in [-0.3, -0.25) is 14.2 Å². The maximum absolute atomic E-state index is 12.6. The van der Waals surface area contributed by atoms with Crippen molar-refractivity contribution in [2.75, 3.05) is 5.32 Å². The average Bonchev–Trinajstić information content (AvgIpc) is 3.46. The first-order valence-electron chi connectivity index (χ1n) is 9.32. The number of tetrazole rings is 1. The summed E-state index contributed by atoms with van der Waals surface area (Å²) in [5.41, 5.74) is 2.40. The monoisotopic (exact) mass is 387 g/mol. The third-order valence-corrected chi connectivity index (χ3v) is 4.84. The Morgan fingerprint density at radius 3 is 2.86 bits per heavy atom. The summed E-state index contributed by atoms with van der Waals surface area (Å²) in [4.78, 5) is 29.0. The molecule has 29 heavy (non-hydrogen) atoms. The number of hydrogen-bond donors (Lipinski definition) is 1. The van der Waals surface area contributed by atoms with Crippen molar-refractivity contribution in [1.82, 2.24) is 29.8 Å². The van der Waals surface area contributed by atoms with E-state index in [9.17, 15) is 9.59 Å². The van der Waals surface area contributed by atoms with Crippen LogP contribution in [0.2, 0.25) is 0 Å². The Bertz CT molecular complexity index is 1270. The summed E-state index contributed by atoms with van der Waals surface area (Å²) >= 11 is 0. The molecule has 0 spiro atoms. The third kappa shape index (κ3) is 3.38. The molecule has 2 aromatic heterocycles. The normalized spacial score (nSPS) is 13.5. The van der Waals surface area contributed by atoms with Gasteiger partial charge in [-0.25, -0.2) is 9.67 Å². The van der Waals surface area contributed by atoms with E-state index < -0.39 is 0 Å². The van der Waals surface area contributed by atoms with Crippen LogP contribution in [-0.2, 0) is 11.3 Å². The molecule has 0 radical (unpaired) electrons. The summed E-state index contributed by atoms with van der Waals surface area (Å²) < 4.78 is 3.23. The Labute approximate surface area is 165 Å². The number of benzene rings is 2. The van der Waals surface area contributed by atoms with Crippen molar-refractivity contribution in [2.24, 2.45) is 0 Å². The number of para-hydroxylation sites is 2. The standard InChI is InChI=1S/C20H17N7O2/c28-18(12-26-17-7-2-1-6-16(17)21-11-19(26)29)22-14-5-3-4-13(10-14)20-23-24-25-27(20)15-8-9-15/h1-7,10-11,15H,8-9,12H2,(H,22,28). The number of nitrogens with zero attached hydrogens (tertiary/aromatic N) is 6. The highest BCUT2D eigenvalue weighted by Gasteiger charge is 2.28. The second-order valence-corrected chi connectivity index (χ2v) is 6.98. The fourth-order valence-electron chi connectivity index (χ4n) is 3.31. The van der Waals surface area contributed by atoms with Crippen LogP contribution in [0.4, 0.5) is 5.69 Å². The summed E-state index contributed by atoms with van der Waals surface area (Å²) in [6.07, 6.45) is 3.38. The average molecular weight is 387 g/mol. The lowest BCUT2D eigenvalue weighted by Gasteiger charge is -2.11. The van der Waals surface area contributed by atoms with Gasteiger partial charge in [-0.15, -0.1) is 5.10 Å². The van der Waals surface area contributed by atoms with Crippen molar-refractivity contribution in [3.8, 4) is 11.4 Å². The van der Waals surface area contributed by atoms with Gasteiger partial charge in [-0.1, -0.05) is 24.3 Å². The minimum absolute atomic E-state index is 0.105. The molecule has 0 atom stereocenters. The van der Waals surface area contributed by atoms with Gasteiger partial charge in [0.25, 0.3) is 5.56 Å². The lowest BCUT2D eigenvalue weighted by molar-refractivity contribution is -0.116. The predicted octanol–water partition coefficient (Wildman–Crippen LogP) is 2.02. The van der Waals surface area contributed by atoms with Crippen LogP contribution < -0.4 is 10.9 Å². The SMILES string of the molecule is O=C(Cn1c(=O)cnc2ccccc21)Nc1cccc(-c2nnnn2C2CC2)c1. The maximum Gasteiger partial charge on any atom is 0.269 e. The van der Waals surface area contributed by atoms with Crippen molar-refractivity contribution in [3.05, 3.63) is 65.1 Å². The molecule has 0 aliphatic heterocycles. The molecule has 2 aromatic carbocycles. The number of carbonyl (C=O) groups excluding carboxylic acids is 1. The Balaban J connectivity index is 1.39. The molecule has 9 nitrogen and oxygen atoms in total. The second-order valence-electron chi connectivity index (χ2n) is 6.98. The van der Waals surface area contributed by atoms with E-state index in [1.165, 1.54) is 10.8 Å². The highest BCUT2D eigenvalue weighted by Crippen LogP contribution is 2.36. The first-order valence-corrected chi connectivity index (χ1v) is 9.32. The molecule has 9 heteroatoms. The Hall–Kier alpha value is -3.88. The minimum Gasteiger partial charge on any atom is -0.325 e. The lowest BCUT2D eigenvalue weighted by atomic mass is 10.2. The summed E-state index contributed by atoms with van der Waals surface area (Å²) in [5, 5.41) is 14.8. The Morgan fingerprint density at radius 2 is 2.00 bits per heavy atom. The number of nitrogens with one attached hydrogen (secondary N) is 1. The molecular weight excluding hydrogens is 370 g/mol. The van der Waals surface area contributed by atoms with E-state index in [1.807, 2.05) is 35.0 Å². The molecular formula is C20H17N7O2. The highest BCUT2D eigenvalue weighted by molar-refractivity contribution is 5.92. The molecule has 144 valence electrons. The number of amides is 1. The van der Waals surface area contributed by atoms with E-state index in [1.54, 1.807) is 18.2 Å². The molecule has 4 aromatic rings. The first kappa shape index (κ1) is 17.2. The Kier molecular flexibility index (Phi) is 4.12. The van der Waals surface area contributed by atoms with Gasteiger partial charge in [0.05, 0.1) is 23.3 Å². The molecule has 1 fully saturated rings.